The third-order valence-corrected chi connectivity index (χ3v) is 6.48. The van der Waals surface area contributed by atoms with Crippen molar-refractivity contribution in [2.24, 2.45) is 7.05 Å². The molecule has 0 aliphatic carbocycles. The van der Waals surface area contributed by atoms with Gasteiger partial charge in [0, 0.05) is 23.2 Å². The van der Waals surface area contributed by atoms with E-state index in [2.05, 4.69) is 19.1 Å². The Hall–Kier alpha value is -2.37. The molecule has 2 aromatic heterocycles. The Morgan fingerprint density at radius 3 is 2.38 bits per heavy atom. The zero-order valence-corrected chi connectivity index (χ0v) is 16.2. The summed E-state index contributed by atoms with van der Waals surface area (Å²) in [5.41, 5.74) is 3.25. The van der Waals surface area contributed by atoms with Gasteiger partial charge >= 0.3 is 0 Å². The Balaban J connectivity index is 1.77. The molecule has 0 N–H and O–H groups in total. The van der Waals surface area contributed by atoms with Crippen LogP contribution in [0.1, 0.15) is 17.7 Å². The van der Waals surface area contributed by atoms with E-state index in [1.165, 1.54) is 16.9 Å². The number of fused-ring (bicyclic) bond motifs is 1. The zero-order valence-electron chi connectivity index (χ0n) is 14.5. The maximum Gasteiger partial charge on any atom is 0.263 e. The van der Waals surface area contributed by atoms with Crippen LogP contribution in [0.4, 0.5) is 0 Å². The predicted octanol–water partition coefficient (Wildman–Crippen LogP) is 5.52. The Morgan fingerprint density at radius 2 is 1.69 bits per heavy atom. The molecular formula is C21H18N2OS2. The predicted molar refractivity (Wildman–Crippen MR) is 111 cm³/mol. The van der Waals surface area contributed by atoms with Crippen molar-refractivity contribution in [3.63, 3.8) is 0 Å². The van der Waals surface area contributed by atoms with E-state index in [4.69, 9.17) is 4.98 Å². The first-order chi connectivity index (χ1) is 12.6. The van der Waals surface area contributed by atoms with E-state index in [9.17, 15) is 4.79 Å². The van der Waals surface area contributed by atoms with Crippen LogP contribution < -0.4 is 5.56 Å². The van der Waals surface area contributed by atoms with Crippen LogP contribution in [0.2, 0.25) is 0 Å². The molecule has 3 nitrogen and oxygen atoms in total. The van der Waals surface area contributed by atoms with Crippen molar-refractivity contribution in [2.45, 2.75) is 17.3 Å². The van der Waals surface area contributed by atoms with E-state index in [-0.39, 0.29) is 10.8 Å². The minimum atomic E-state index is 0.0119. The van der Waals surface area contributed by atoms with Crippen LogP contribution in [-0.4, -0.2) is 9.55 Å². The fraction of sp³-hybridized carbons (Fsp3) is 0.143. The zero-order chi connectivity index (χ0) is 18.1. The highest BCUT2D eigenvalue weighted by Gasteiger charge is 2.17. The molecule has 26 heavy (non-hydrogen) atoms. The third kappa shape index (κ3) is 3.08. The van der Waals surface area contributed by atoms with Gasteiger partial charge in [0.15, 0.2) is 5.16 Å². The first-order valence-electron chi connectivity index (χ1n) is 8.40. The number of rotatable bonds is 4. The third-order valence-electron chi connectivity index (χ3n) is 4.41. The average molecular weight is 379 g/mol. The van der Waals surface area contributed by atoms with Crippen molar-refractivity contribution >= 4 is 33.3 Å². The van der Waals surface area contributed by atoms with E-state index in [1.807, 2.05) is 53.9 Å². The summed E-state index contributed by atoms with van der Waals surface area (Å²) in [5, 5.41) is 3.71. The quantitative estimate of drug-likeness (QED) is 0.347. The standard InChI is InChI=1S/C21H18N2OS2/c1-14(15-9-5-3-6-10-15)26-21-22-19-18(20(24)23(21)2)17(13-25-19)16-11-7-4-8-12-16/h3-14H,1-2H3/t14-/m1/s1. The van der Waals surface area contributed by atoms with Gasteiger partial charge in [-0.3, -0.25) is 9.36 Å². The maximum atomic E-state index is 13.0. The van der Waals surface area contributed by atoms with Gasteiger partial charge in [-0.1, -0.05) is 72.4 Å². The monoisotopic (exact) mass is 378 g/mol. The Kier molecular flexibility index (Phi) is 4.66. The second-order valence-electron chi connectivity index (χ2n) is 6.12. The van der Waals surface area contributed by atoms with Crippen molar-refractivity contribution in [3.8, 4) is 11.1 Å². The normalized spacial score (nSPS) is 12.4. The summed E-state index contributed by atoms with van der Waals surface area (Å²) in [5.74, 6) is 0. The minimum absolute atomic E-state index is 0.0119. The number of thioether (sulfide) groups is 1. The van der Waals surface area contributed by atoms with Gasteiger partial charge in [-0.25, -0.2) is 4.98 Å². The van der Waals surface area contributed by atoms with Gasteiger partial charge in [0.2, 0.25) is 0 Å². The molecule has 0 aliphatic rings. The lowest BCUT2D eigenvalue weighted by molar-refractivity contribution is 0.725. The Bertz CT molecular complexity index is 1100. The molecule has 4 aromatic rings. The molecular weight excluding hydrogens is 360 g/mol. The number of thiophene rings is 1. The maximum absolute atomic E-state index is 13.0. The first-order valence-corrected chi connectivity index (χ1v) is 10.2. The van der Waals surface area contributed by atoms with Crippen LogP contribution in [0.3, 0.4) is 0 Å². The summed E-state index contributed by atoms with van der Waals surface area (Å²) in [6.07, 6.45) is 0. The van der Waals surface area contributed by atoms with Crippen LogP contribution in [0.5, 0.6) is 0 Å². The van der Waals surface area contributed by atoms with Crippen LogP contribution in [0.25, 0.3) is 21.3 Å². The van der Waals surface area contributed by atoms with Gasteiger partial charge in [-0.2, -0.15) is 0 Å². The molecule has 5 heteroatoms. The summed E-state index contributed by atoms with van der Waals surface area (Å²) in [7, 11) is 1.81. The van der Waals surface area contributed by atoms with E-state index in [1.54, 1.807) is 23.4 Å². The number of benzene rings is 2. The lowest BCUT2D eigenvalue weighted by atomic mass is 10.1. The summed E-state index contributed by atoms with van der Waals surface area (Å²) in [4.78, 5) is 18.6. The van der Waals surface area contributed by atoms with Crippen molar-refractivity contribution in [1.29, 1.82) is 0 Å². The highest BCUT2D eigenvalue weighted by molar-refractivity contribution is 7.99. The molecule has 0 unspecified atom stereocenters. The highest BCUT2D eigenvalue weighted by atomic mass is 32.2. The summed E-state index contributed by atoms with van der Waals surface area (Å²) in [6.45, 7) is 2.14. The molecule has 0 aliphatic heterocycles. The van der Waals surface area contributed by atoms with Crippen molar-refractivity contribution in [2.75, 3.05) is 0 Å². The molecule has 0 amide bonds. The number of hydrogen-bond donors (Lipinski definition) is 0. The SMILES string of the molecule is C[C@@H](Sc1nc2scc(-c3ccccc3)c2c(=O)n1C)c1ccccc1. The van der Waals surface area contributed by atoms with Crippen molar-refractivity contribution < 1.29 is 0 Å². The Morgan fingerprint density at radius 1 is 1.04 bits per heavy atom. The molecule has 4 rings (SSSR count). The number of aromatic nitrogens is 2. The second-order valence-corrected chi connectivity index (χ2v) is 8.29. The number of hydrogen-bond acceptors (Lipinski definition) is 4. The van der Waals surface area contributed by atoms with Gasteiger partial charge in [0.1, 0.15) is 4.83 Å². The van der Waals surface area contributed by atoms with Crippen LogP contribution >= 0.6 is 23.1 Å². The van der Waals surface area contributed by atoms with E-state index in [0.717, 1.165) is 21.1 Å². The molecule has 0 saturated carbocycles. The molecule has 1 atom stereocenters. The van der Waals surface area contributed by atoms with Crippen molar-refractivity contribution in [3.05, 3.63) is 82.0 Å². The van der Waals surface area contributed by atoms with Crippen LogP contribution in [0, 0.1) is 0 Å². The average Bonchev–Trinajstić information content (AvgIpc) is 3.11. The molecule has 0 radical (unpaired) electrons. The summed E-state index contributed by atoms with van der Waals surface area (Å²) in [6, 6.07) is 20.3. The molecule has 0 spiro atoms. The molecule has 2 aromatic carbocycles. The fourth-order valence-corrected chi connectivity index (χ4v) is 4.93. The molecule has 0 saturated heterocycles. The van der Waals surface area contributed by atoms with Gasteiger partial charge in [0.05, 0.1) is 5.39 Å². The largest absolute Gasteiger partial charge is 0.290 e. The fourth-order valence-electron chi connectivity index (χ4n) is 2.94. The van der Waals surface area contributed by atoms with Gasteiger partial charge in [-0.15, -0.1) is 11.3 Å². The van der Waals surface area contributed by atoms with E-state index >= 15 is 0 Å². The smallest absolute Gasteiger partial charge is 0.263 e. The lowest BCUT2D eigenvalue weighted by Crippen LogP contribution is -2.20. The number of nitrogens with zero attached hydrogens (tertiary/aromatic N) is 2. The van der Waals surface area contributed by atoms with E-state index < -0.39 is 0 Å². The molecule has 2 heterocycles. The summed E-state index contributed by atoms with van der Waals surface area (Å²) < 4.78 is 1.67. The highest BCUT2D eigenvalue weighted by Crippen LogP contribution is 2.36. The molecule has 130 valence electrons. The van der Waals surface area contributed by atoms with Crippen LogP contribution in [0.15, 0.2) is 76.0 Å². The van der Waals surface area contributed by atoms with Crippen molar-refractivity contribution in [1.82, 2.24) is 9.55 Å². The Labute approximate surface area is 160 Å². The van der Waals surface area contributed by atoms with Gasteiger partial charge in [-0.05, 0) is 18.1 Å². The lowest BCUT2D eigenvalue weighted by Gasteiger charge is -2.13. The summed E-state index contributed by atoms with van der Waals surface area (Å²) >= 11 is 3.15. The minimum Gasteiger partial charge on any atom is -0.290 e. The van der Waals surface area contributed by atoms with Gasteiger partial charge in [0.25, 0.3) is 5.56 Å². The molecule has 0 bridgehead atoms. The second kappa shape index (κ2) is 7.09. The molecule has 0 fully saturated rings. The topological polar surface area (TPSA) is 34.9 Å². The van der Waals surface area contributed by atoms with E-state index in [0.29, 0.717) is 5.39 Å². The first kappa shape index (κ1) is 17.1. The van der Waals surface area contributed by atoms with Gasteiger partial charge < -0.3 is 0 Å². The van der Waals surface area contributed by atoms with Crippen LogP contribution in [-0.2, 0) is 7.05 Å².